The molecule has 1 aromatic carbocycles. The zero-order chi connectivity index (χ0) is 14.3. The fourth-order valence-corrected chi connectivity index (χ4v) is 1.83. The van der Waals surface area contributed by atoms with Gasteiger partial charge in [-0.2, -0.15) is 0 Å². The predicted molar refractivity (Wildman–Crippen MR) is 81.3 cm³/mol. The van der Waals surface area contributed by atoms with E-state index in [4.69, 9.17) is 9.47 Å². The molecule has 0 N–H and O–H groups in total. The van der Waals surface area contributed by atoms with E-state index >= 15 is 0 Å². The summed E-state index contributed by atoms with van der Waals surface area (Å²) in [6.45, 7) is 12.4. The number of hydrogen-bond donors (Lipinski definition) is 0. The van der Waals surface area contributed by atoms with E-state index in [-0.39, 0.29) is 0 Å². The van der Waals surface area contributed by atoms with Crippen LogP contribution in [0.3, 0.4) is 0 Å². The highest BCUT2D eigenvalue weighted by Crippen LogP contribution is 2.30. The van der Waals surface area contributed by atoms with Crippen LogP contribution in [0.4, 0.5) is 0 Å². The van der Waals surface area contributed by atoms with E-state index in [0.29, 0.717) is 11.8 Å². The number of ether oxygens (including phenoxy) is 2. The van der Waals surface area contributed by atoms with Gasteiger partial charge in [0.15, 0.2) is 0 Å². The minimum atomic E-state index is 0.469. The van der Waals surface area contributed by atoms with Gasteiger partial charge in [-0.05, 0) is 36.3 Å². The van der Waals surface area contributed by atoms with Gasteiger partial charge in [-0.3, -0.25) is 0 Å². The molecule has 0 atom stereocenters. The van der Waals surface area contributed by atoms with Crippen LogP contribution in [0.5, 0.6) is 11.5 Å². The van der Waals surface area contributed by atoms with E-state index < -0.39 is 0 Å². The fraction of sp³-hybridized carbons (Fsp3) is 0.647. The summed E-state index contributed by atoms with van der Waals surface area (Å²) < 4.78 is 11.6. The van der Waals surface area contributed by atoms with Gasteiger partial charge in [-0.25, -0.2) is 0 Å². The van der Waals surface area contributed by atoms with E-state index in [1.165, 1.54) is 5.56 Å². The lowest BCUT2D eigenvalue weighted by Gasteiger charge is -2.16. The molecule has 0 spiro atoms. The fourth-order valence-electron chi connectivity index (χ4n) is 1.83. The minimum Gasteiger partial charge on any atom is -0.493 e. The van der Waals surface area contributed by atoms with Crippen LogP contribution in [0.15, 0.2) is 18.2 Å². The maximum atomic E-state index is 5.84. The van der Waals surface area contributed by atoms with Gasteiger partial charge >= 0.3 is 0 Å². The maximum absolute atomic E-state index is 5.84. The van der Waals surface area contributed by atoms with Crippen molar-refractivity contribution in [3.63, 3.8) is 0 Å². The molecular weight excluding hydrogens is 236 g/mol. The van der Waals surface area contributed by atoms with E-state index in [1.807, 2.05) is 6.07 Å². The van der Waals surface area contributed by atoms with E-state index in [1.54, 1.807) is 0 Å². The van der Waals surface area contributed by atoms with Crippen molar-refractivity contribution < 1.29 is 9.47 Å². The maximum Gasteiger partial charge on any atom is 0.126 e. The molecule has 2 heteroatoms. The zero-order valence-electron chi connectivity index (χ0n) is 13.0. The SMILES string of the molecule is CCCOc1cc(OCCC(C)C)ccc1C(C)C. The summed E-state index contributed by atoms with van der Waals surface area (Å²) in [5, 5.41) is 0. The first-order valence-electron chi connectivity index (χ1n) is 7.44. The summed E-state index contributed by atoms with van der Waals surface area (Å²) >= 11 is 0. The standard InChI is InChI=1S/C17H28O2/c1-6-10-19-17-12-15(18-11-9-13(2)3)7-8-16(17)14(4)5/h7-8,12-14H,6,9-11H2,1-5H3. The molecule has 0 aliphatic heterocycles. The van der Waals surface area contributed by atoms with Gasteiger partial charge in [0.2, 0.25) is 0 Å². The minimum absolute atomic E-state index is 0.469. The van der Waals surface area contributed by atoms with Gasteiger partial charge in [-0.1, -0.05) is 40.7 Å². The molecule has 0 aromatic heterocycles. The molecule has 0 amide bonds. The van der Waals surface area contributed by atoms with Crippen LogP contribution >= 0.6 is 0 Å². The zero-order valence-corrected chi connectivity index (χ0v) is 13.0. The van der Waals surface area contributed by atoms with Gasteiger partial charge in [0.1, 0.15) is 11.5 Å². The Balaban J connectivity index is 2.73. The average molecular weight is 264 g/mol. The first-order valence-corrected chi connectivity index (χ1v) is 7.44. The van der Waals surface area contributed by atoms with Crippen LogP contribution in [0.1, 0.15) is 58.9 Å². The molecule has 0 bridgehead atoms. The summed E-state index contributed by atoms with van der Waals surface area (Å²) in [5.41, 5.74) is 1.25. The third-order valence-electron chi connectivity index (χ3n) is 3.03. The molecule has 0 fully saturated rings. The molecule has 108 valence electrons. The first kappa shape index (κ1) is 15.9. The summed E-state index contributed by atoms with van der Waals surface area (Å²) in [7, 11) is 0. The Morgan fingerprint density at radius 3 is 2.32 bits per heavy atom. The molecule has 0 unspecified atom stereocenters. The van der Waals surface area contributed by atoms with Gasteiger partial charge in [-0.15, -0.1) is 0 Å². The average Bonchev–Trinajstić information content (AvgIpc) is 2.35. The van der Waals surface area contributed by atoms with Crippen LogP contribution in [-0.2, 0) is 0 Å². The quantitative estimate of drug-likeness (QED) is 0.656. The highest BCUT2D eigenvalue weighted by atomic mass is 16.5. The van der Waals surface area contributed by atoms with Crippen LogP contribution in [-0.4, -0.2) is 13.2 Å². The number of benzene rings is 1. The normalized spacial score (nSPS) is 11.1. The Kier molecular flexibility index (Phi) is 6.75. The molecule has 0 aliphatic carbocycles. The molecular formula is C17H28O2. The van der Waals surface area contributed by atoms with Crippen molar-refractivity contribution in [3.8, 4) is 11.5 Å². The van der Waals surface area contributed by atoms with Crippen LogP contribution in [0, 0.1) is 5.92 Å². The number of rotatable bonds is 8. The van der Waals surface area contributed by atoms with Crippen LogP contribution in [0.25, 0.3) is 0 Å². The van der Waals surface area contributed by atoms with E-state index in [2.05, 4.69) is 46.8 Å². The molecule has 0 saturated heterocycles. The topological polar surface area (TPSA) is 18.5 Å². The summed E-state index contributed by atoms with van der Waals surface area (Å²) in [4.78, 5) is 0. The molecule has 19 heavy (non-hydrogen) atoms. The van der Waals surface area contributed by atoms with Crippen molar-refractivity contribution in [2.75, 3.05) is 13.2 Å². The summed E-state index contributed by atoms with van der Waals surface area (Å²) in [6, 6.07) is 6.21. The van der Waals surface area contributed by atoms with Crippen molar-refractivity contribution in [2.45, 2.75) is 53.4 Å². The van der Waals surface area contributed by atoms with Gasteiger partial charge in [0.25, 0.3) is 0 Å². The highest BCUT2D eigenvalue weighted by molar-refractivity contribution is 5.42. The Hall–Kier alpha value is -1.18. The van der Waals surface area contributed by atoms with Gasteiger partial charge in [0.05, 0.1) is 13.2 Å². The van der Waals surface area contributed by atoms with Crippen molar-refractivity contribution in [3.05, 3.63) is 23.8 Å². The van der Waals surface area contributed by atoms with E-state index in [9.17, 15) is 0 Å². The molecule has 1 aromatic rings. The highest BCUT2D eigenvalue weighted by Gasteiger charge is 2.09. The summed E-state index contributed by atoms with van der Waals surface area (Å²) in [5.74, 6) is 3.03. The second-order valence-electron chi connectivity index (χ2n) is 5.73. The molecule has 0 aliphatic rings. The van der Waals surface area contributed by atoms with E-state index in [0.717, 1.165) is 37.6 Å². The molecule has 0 saturated carbocycles. The molecule has 0 radical (unpaired) electrons. The number of hydrogen-bond acceptors (Lipinski definition) is 2. The Bertz CT molecular complexity index is 370. The third-order valence-corrected chi connectivity index (χ3v) is 3.03. The molecule has 2 nitrogen and oxygen atoms in total. The van der Waals surface area contributed by atoms with Crippen LogP contribution < -0.4 is 9.47 Å². The van der Waals surface area contributed by atoms with Crippen molar-refractivity contribution in [1.29, 1.82) is 0 Å². The molecule has 0 heterocycles. The second kappa shape index (κ2) is 8.08. The lowest BCUT2D eigenvalue weighted by Crippen LogP contribution is -2.04. The van der Waals surface area contributed by atoms with Gasteiger partial charge in [0, 0.05) is 6.07 Å². The summed E-state index contributed by atoms with van der Waals surface area (Å²) in [6.07, 6.45) is 2.10. The lowest BCUT2D eigenvalue weighted by molar-refractivity contribution is 0.282. The largest absolute Gasteiger partial charge is 0.493 e. The van der Waals surface area contributed by atoms with Crippen molar-refractivity contribution in [2.24, 2.45) is 5.92 Å². The van der Waals surface area contributed by atoms with Crippen LogP contribution in [0.2, 0.25) is 0 Å². The Morgan fingerprint density at radius 2 is 1.74 bits per heavy atom. The lowest BCUT2D eigenvalue weighted by atomic mass is 10.0. The van der Waals surface area contributed by atoms with Crippen molar-refractivity contribution in [1.82, 2.24) is 0 Å². The molecule has 1 rings (SSSR count). The second-order valence-corrected chi connectivity index (χ2v) is 5.73. The monoisotopic (exact) mass is 264 g/mol. The predicted octanol–water partition coefficient (Wildman–Crippen LogP) is 5.02. The Morgan fingerprint density at radius 1 is 1.00 bits per heavy atom. The first-order chi connectivity index (χ1) is 9.04. The smallest absolute Gasteiger partial charge is 0.126 e. The third kappa shape index (κ3) is 5.54. The van der Waals surface area contributed by atoms with Crippen molar-refractivity contribution >= 4 is 0 Å². The van der Waals surface area contributed by atoms with Gasteiger partial charge < -0.3 is 9.47 Å². The Labute approximate surface area is 118 Å².